The highest BCUT2D eigenvalue weighted by molar-refractivity contribution is 5.56. The molecule has 0 radical (unpaired) electrons. The maximum atomic E-state index is 9.62. The van der Waals surface area contributed by atoms with E-state index in [0.717, 1.165) is 22.6 Å². The molecule has 0 aromatic carbocycles. The fourth-order valence-electron chi connectivity index (χ4n) is 2.53. The van der Waals surface area contributed by atoms with E-state index in [1.807, 2.05) is 24.1 Å². The van der Waals surface area contributed by atoms with E-state index in [1.165, 1.54) is 0 Å². The first-order chi connectivity index (χ1) is 8.65. The molecule has 18 heavy (non-hydrogen) atoms. The molecule has 3 unspecified atom stereocenters. The minimum absolute atomic E-state index is 0.131. The van der Waals surface area contributed by atoms with Gasteiger partial charge in [0.05, 0.1) is 32.1 Å². The number of aliphatic hydroxyl groups is 2. The van der Waals surface area contributed by atoms with Gasteiger partial charge in [-0.15, -0.1) is 0 Å². The lowest BCUT2D eigenvalue weighted by Gasteiger charge is -2.32. The summed E-state index contributed by atoms with van der Waals surface area (Å²) in [4.78, 5) is 1.94. The van der Waals surface area contributed by atoms with Crippen LogP contribution in [0, 0.1) is 0 Å². The number of β-amino-alcohol motifs (C(OH)–C–C–N with tert-alkyl or cyclic N) is 1. The van der Waals surface area contributed by atoms with Gasteiger partial charge in [0.25, 0.3) is 0 Å². The Morgan fingerprint density at radius 2 is 2.28 bits per heavy atom. The van der Waals surface area contributed by atoms with Crippen LogP contribution < -0.4 is 0 Å². The zero-order chi connectivity index (χ0) is 12.9. The van der Waals surface area contributed by atoms with Crippen molar-refractivity contribution in [3.05, 3.63) is 34.9 Å². The minimum Gasteiger partial charge on any atom is -0.495 e. The van der Waals surface area contributed by atoms with E-state index in [1.54, 1.807) is 7.11 Å². The van der Waals surface area contributed by atoms with Crippen molar-refractivity contribution < 1.29 is 19.7 Å². The van der Waals surface area contributed by atoms with Gasteiger partial charge in [-0.05, 0) is 18.6 Å². The highest BCUT2D eigenvalue weighted by Crippen LogP contribution is 2.46. The van der Waals surface area contributed by atoms with E-state index in [0.29, 0.717) is 6.54 Å². The predicted octanol–water partition coefficient (Wildman–Crippen LogP) is 0.124. The van der Waals surface area contributed by atoms with Crippen molar-refractivity contribution in [2.24, 2.45) is 0 Å². The largest absolute Gasteiger partial charge is 0.495 e. The second-order valence-corrected chi connectivity index (χ2v) is 4.86. The molecule has 5 heteroatoms. The Hall–Kier alpha value is -1.30. The molecule has 1 fully saturated rings. The van der Waals surface area contributed by atoms with Crippen molar-refractivity contribution in [1.82, 2.24) is 4.90 Å². The van der Waals surface area contributed by atoms with Crippen molar-refractivity contribution in [3.8, 4) is 0 Å². The minimum atomic E-state index is -0.767. The molecule has 0 spiro atoms. The standard InChI is InChI=1S/C13H17NO4/c1-7-4-14(5-8(16)6-15)11-9(3-10(11)17-2)13-12(7)18-13/h3-4,8,12-13,15-16H,5-6H2,1-2H3. The van der Waals surface area contributed by atoms with Crippen molar-refractivity contribution in [1.29, 1.82) is 0 Å². The van der Waals surface area contributed by atoms with Gasteiger partial charge in [-0.3, -0.25) is 0 Å². The molecule has 1 saturated heterocycles. The lowest BCUT2D eigenvalue weighted by atomic mass is 9.96. The number of rotatable bonds is 4. The predicted molar refractivity (Wildman–Crippen MR) is 64.3 cm³/mol. The molecule has 2 heterocycles. The molecule has 0 aromatic rings. The maximum absolute atomic E-state index is 9.62. The van der Waals surface area contributed by atoms with E-state index >= 15 is 0 Å². The van der Waals surface area contributed by atoms with E-state index < -0.39 is 6.10 Å². The third-order valence-corrected chi connectivity index (χ3v) is 3.53. The normalized spacial score (nSPS) is 30.6. The molecule has 2 N–H and O–H groups in total. The summed E-state index contributed by atoms with van der Waals surface area (Å²) >= 11 is 0. The Kier molecular flexibility index (Phi) is 2.69. The molecular formula is C13H17NO4. The van der Waals surface area contributed by atoms with Gasteiger partial charge >= 0.3 is 0 Å². The first-order valence-corrected chi connectivity index (χ1v) is 6.05. The zero-order valence-corrected chi connectivity index (χ0v) is 10.5. The average molecular weight is 251 g/mol. The Labute approximate surface area is 106 Å². The van der Waals surface area contributed by atoms with Crippen LogP contribution in [0.2, 0.25) is 0 Å². The number of hydrogen-bond acceptors (Lipinski definition) is 5. The number of ether oxygens (including phenoxy) is 2. The molecule has 1 aliphatic carbocycles. The average Bonchev–Trinajstić information content (AvgIpc) is 3.07. The molecule has 0 bridgehead atoms. The number of aliphatic hydroxyl groups excluding tert-OH is 2. The molecule has 0 aromatic heterocycles. The SMILES string of the molecule is COC1=CC2=C1N(CC(O)CO)C=C(C)C1OC21. The Morgan fingerprint density at radius 3 is 2.94 bits per heavy atom. The summed E-state index contributed by atoms with van der Waals surface area (Å²) in [6, 6.07) is 0. The van der Waals surface area contributed by atoms with Crippen LogP contribution in [0.3, 0.4) is 0 Å². The lowest BCUT2D eigenvalue weighted by molar-refractivity contribution is 0.0759. The van der Waals surface area contributed by atoms with Gasteiger partial charge in [-0.2, -0.15) is 0 Å². The molecule has 3 rings (SSSR count). The number of epoxide rings is 1. The van der Waals surface area contributed by atoms with Gasteiger partial charge in [-0.25, -0.2) is 0 Å². The van der Waals surface area contributed by atoms with E-state index in [2.05, 4.69) is 0 Å². The van der Waals surface area contributed by atoms with Gasteiger partial charge in [0.15, 0.2) is 0 Å². The second-order valence-electron chi connectivity index (χ2n) is 4.86. The molecule has 2 aliphatic heterocycles. The van der Waals surface area contributed by atoms with Crippen molar-refractivity contribution in [3.63, 3.8) is 0 Å². The van der Waals surface area contributed by atoms with Crippen LogP contribution in [0.5, 0.6) is 0 Å². The molecule has 3 aliphatic rings. The fraction of sp³-hybridized carbons (Fsp3) is 0.538. The van der Waals surface area contributed by atoms with Gasteiger partial charge in [0, 0.05) is 11.8 Å². The molecule has 5 nitrogen and oxygen atoms in total. The topological polar surface area (TPSA) is 65.5 Å². The van der Waals surface area contributed by atoms with Crippen molar-refractivity contribution in [2.45, 2.75) is 25.2 Å². The summed E-state index contributed by atoms with van der Waals surface area (Å²) in [6.07, 6.45) is 3.46. The van der Waals surface area contributed by atoms with Crippen LogP contribution in [-0.4, -0.2) is 53.7 Å². The van der Waals surface area contributed by atoms with Crippen LogP contribution in [0.1, 0.15) is 6.92 Å². The Bertz CT molecular complexity index is 466. The molecule has 3 atom stereocenters. The van der Waals surface area contributed by atoms with Gasteiger partial charge < -0.3 is 24.6 Å². The van der Waals surface area contributed by atoms with Crippen LogP contribution in [-0.2, 0) is 9.47 Å². The first-order valence-electron chi connectivity index (χ1n) is 6.05. The molecular weight excluding hydrogens is 234 g/mol. The van der Waals surface area contributed by atoms with Gasteiger partial charge in [-0.1, -0.05) is 0 Å². The third-order valence-electron chi connectivity index (χ3n) is 3.53. The maximum Gasteiger partial charge on any atom is 0.143 e. The fourth-order valence-corrected chi connectivity index (χ4v) is 2.53. The van der Waals surface area contributed by atoms with Crippen molar-refractivity contribution in [2.75, 3.05) is 20.3 Å². The molecule has 98 valence electrons. The summed E-state index contributed by atoms with van der Waals surface area (Å²) < 4.78 is 10.9. The van der Waals surface area contributed by atoms with Gasteiger partial charge in [0.1, 0.15) is 18.0 Å². The molecule has 0 amide bonds. The van der Waals surface area contributed by atoms with Crippen LogP contribution in [0.25, 0.3) is 0 Å². The number of hydrogen-bond donors (Lipinski definition) is 2. The van der Waals surface area contributed by atoms with Gasteiger partial charge in [0.2, 0.25) is 0 Å². The first kappa shape index (κ1) is 11.8. The summed E-state index contributed by atoms with van der Waals surface area (Å²) in [5, 5.41) is 18.6. The third kappa shape index (κ3) is 1.67. The summed E-state index contributed by atoms with van der Waals surface area (Å²) in [6.45, 7) is 2.12. The Balaban J connectivity index is 1.87. The molecule has 0 saturated carbocycles. The van der Waals surface area contributed by atoms with Crippen molar-refractivity contribution >= 4 is 0 Å². The second kappa shape index (κ2) is 4.12. The van der Waals surface area contributed by atoms with Crippen LogP contribution in [0.4, 0.5) is 0 Å². The van der Waals surface area contributed by atoms with Crippen LogP contribution >= 0.6 is 0 Å². The monoisotopic (exact) mass is 251 g/mol. The van der Waals surface area contributed by atoms with Crippen LogP contribution in [0.15, 0.2) is 34.9 Å². The highest BCUT2D eigenvalue weighted by Gasteiger charge is 2.49. The zero-order valence-electron chi connectivity index (χ0n) is 10.5. The van der Waals surface area contributed by atoms with E-state index in [9.17, 15) is 5.11 Å². The lowest BCUT2D eigenvalue weighted by Crippen LogP contribution is -2.34. The number of nitrogens with zero attached hydrogens (tertiary/aromatic N) is 1. The van der Waals surface area contributed by atoms with E-state index in [4.69, 9.17) is 14.6 Å². The quantitative estimate of drug-likeness (QED) is 0.695. The Morgan fingerprint density at radius 1 is 1.50 bits per heavy atom. The number of methoxy groups -OCH3 is 1. The highest BCUT2D eigenvalue weighted by atomic mass is 16.6. The summed E-state index contributed by atoms with van der Waals surface area (Å²) in [7, 11) is 1.63. The summed E-state index contributed by atoms with van der Waals surface area (Å²) in [5.41, 5.74) is 3.22. The smallest absolute Gasteiger partial charge is 0.143 e. The number of fused-ring (bicyclic) bond motifs is 2. The van der Waals surface area contributed by atoms with E-state index in [-0.39, 0.29) is 18.8 Å². The summed E-state index contributed by atoms with van der Waals surface area (Å²) in [5.74, 6) is 0.801.